The fraction of sp³-hybridized carbons (Fsp3) is 0.353. The standard InChI is InChI=1S/C17H15Cl2NO3/c18-12-7-13(19)15(23-11-4-5-11)8-14(12)20-16(21)9-2-1-3-10(6-9)17(20)22/h6-8,11,21H,1-5H2. The number of aryl methyl sites for hydroxylation is 2. The number of pyridine rings is 1. The zero-order valence-corrected chi connectivity index (χ0v) is 13.8. The van der Waals surface area contributed by atoms with Crippen LogP contribution in [-0.4, -0.2) is 15.8 Å². The van der Waals surface area contributed by atoms with Gasteiger partial charge >= 0.3 is 0 Å². The third-order valence-corrected chi connectivity index (χ3v) is 4.88. The third kappa shape index (κ3) is 2.60. The molecule has 1 aromatic heterocycles. The summed E-state index contributed by atoms with van der Waals surface area (Å²) in [6, 6.07) is 4.97. The van der Waals surface area contributed by atoms with E-state index in [1.165, 1.54) is 4.57 Å². The summed E-state index contributed by atoms with van der Waals surface area (Å²) < 4.78 is 7.03. The van der Waals surface area contributed by atoms with E-state index in [9.17, 15) is 9.90 Å². The van der Waals surface area contributed by atoms with Gasteiger partial charge in [0.15, 0.2) is 0 Å². The van der Waals surface area contributed by atoms with E-state index in [4.69, 9.17) is 27.9 Å². The summed E-state index contributed by atoms with van der Waals surface area (Å²) >= 11 is 12.5. The zero-order chi connectivity index (χ0) is 16.1. The van der Waals surface area contributed by atoms with Crippen molar-refractivity contribution in [3.8, 4) is 17.3 Å². The molecule has 1 N–H and O–H groups in total. The molecule has 0 unspecified atom stereocenters. The fourth-order valence-electron chi connectivity index (χ4n) is 2.92. The quantitative estimate of drug-likeness (QED) is 0.912. The number of rotatable bonds is 3. The largest absolute Gasteiger partial charge is 0.494 e. The monoisotopic (exact) mass is 351 g/mol. The van der Waals surface area contributed by atoms with Gasteiger partial charge in [0, 0.05) is 17.2 Å². The summed E-state index contributed by atoms with van der Waals surface area (Å²) in [5, 5.41) is 11.2. The van der Waals surface area contributed by atoms with E-state index >= 15 is 0 Å². The summed E-state index contributed by atoms with van der Waals surface area (Å²) in [5.74, 6) is 0.434. The lowest BCUT2D eigenvalue weighted by Crippen LogP contribution is -2.26. The Bertz CT molecular complexity index is 856. The smallest absolute Gasteiger partial charge is 0.261 e. The Balaban J connectivity index is 1.91. The summed E-state index contributed by atoms with van der Waals surface area (Å²) in [5.41, 5.74) is 1.62. The number of hydrogen-bond acceptors (Lipinski definition) is 3. The lowest BCUT2D eigenvalue weighted by molar-refractivity contribution is 0.303. The highest BCUT2D eigenvalue weighted by molar-refractivity contribution is 6.36. The molecule has 2 aromatic rings. The molecule has 23 heavy (non-hydrogen) atoms. The minimum absolute atomic E-state index is 0.0555. The molecule has 1 fully saturated rings. The van der Waals surface area contributed by atoms with Gasteiger partial charge in [-0.2, -0.15) is 0 Å². The molecular formula is C17H15Cl2NO3. The van der Waals surface area contributed by atoms with Gasteiger partial charge in [0.25, 0.3) is 5.56 Å². The van der Waals surface area contributed by atoms with Crippen molar-refractivity contribution in [1.29, 1.82) is 0 Å². The van der Waals surface area contributed by atoms with E-state index in [1.54, 1.807) is 18.2 Å². The highest BCUT2D eigenvalue weighted by atomic mass is 35.5. The molecule has 6 heteroatoms. The maximum atomic E-state index is 12.7. The molecule has 0 atom stereocenters. The second-order valence-electron chi connectivity index (χ2n) is 6.06. The Morgan fingerprint density at radius 1 is 1.09 bits per heavy atom. The Kier molecular flexibility index (Phi) is 3.54. The fourth-order valence-corrected chi connectivity index (χ4v) is 3.43. The number of fused-ring (bicyclic) bond motifs is 2. The molecule has 0 radical (unpaired) electrons. The average Bonchev–Trinajstić information content (AvgIpc) is 3.34. The summed E-state index contributed by atoms with van der Waals surface area (Å²) in [6.45, 7) is 0. The zero-order valence-electron chi connectivity index (χ0n) is 12.3. The lowest BCUT2D eigenvalue weighted by atomic mass is 9.97. The van der Waals surface area contributed by atoms with E-state index in [1.807, 2.05) is 0 Å². The predicted molar refractivity (Wildman–Crippen MR) is 89.4 cm³/mol. The molecule has 0 amide bonds. The number of aromatic nitrogens is 1. The molecule has 4 nitrogen and oxygen atoms in total. The van der Waals surface area contributed by atoms with Crippen molar-refractivity contribution in [2.24, 2.45) is 0 Å². The van der Waals surface area contributed by atoms with Crippen LogP contribution in [0.1, 0.15) is 30.4 Å². The van der Waals surface area contributed by atoms with Gasteiger partial charge in [-0.05, 0) is 44.2 Å². The van der Waals surface area contributed by atoms with Crippen molar-refractivity contribution in [3.63, 3.8) is 0 Å². The molecule has 0 saturated heterocycles. The maximum absolute atomic E-state index is 12.7. The summed E-state index contributed by atoms with van der Waals surface area (Å²) in [6.07, 6.45) is 4.50. The highest BCUT2D eigenvalue weighted by Crippen LogP contribution is 2.38. The Morgan fingerprint density at radius 3 is 2.57 bits per heavy atom. The van der Waals surface area contributed by atoms with Gasteiger partial charge in [-0.3, -0.25) is 4.79 Å². The van der Waals surface area contributed by atoms with Gasteiger partial charge in [-0.1, -0.05) is 23.2 Å². The molecule has 120 valence electrons. The molecular weight excluding hydrogens is 337 g/mol. The molecule has 2 aliphatic carbocycles. The van der Waals surface area contributed by atoms with Crippen molar-refractivity contribution in [3.05, 3.63) is 49.7 Å². The van der Waals surface area contributed by atoms with Crippen LogP contribution < -0.4 is 10.3 Å². The minimum atomic E-state index is -0.243. The molecule has 1 heterocycles. The lowest BCUT2D eigenvalue weighted by Gasteiger charge is -2.20. The van der Waals surface area contributed by atoms with Crippen LogP contribution >= 0.6 is 23.2 Å². The molecule has 0 spiro atoms. The average molecular weight is 352 g/mol. The first-order valence-corrected chi connectivity index (χ1v) is 8.43. The molecule has 2 aliphatic rings. The summed E-state index contributed by atoms with van der Waals surface area (Å²) in [4.78, 5) is 12.7. The topological polar surface area (TPSA) is 51.5 Å². The van der Waals surface area contributed by atoms with Crippen molar-refractivity contribution < 1.29 is 9.84 Å². The van der Waals surface area contributed by atoms with Crippen molar-refractivity contribution in [2.75, 3.05) is 0 Å². The molecule has 0 aliphatic heterocycles. The van der Waals surface area contributed by atoms with Gasteiger partial charge in [0.2, 0.25) is 5.88 Å². The van der Waals surface area contributed by atoms with Gasteiger partial charge in [0.1, 0.15) is 5.75 Å². The first-order valence-electron chi connectivity index (χ1n) is 7.67. The second-order valence-corrected chi connectivity index (χ2v) is 6.88. The van der Waals surface area contributed by atoms with Crippen LogP contribution in [0.3, 0.4) is 0 Å². The van der Waals surface area contributed by atoms with E-state index in [0.29, 0.717) is 33.5 Å². The normalized spacial score (nSPS) is 16.4. The molecule has 2 bridgehead atoms. The Labute approximate surface area is 143 Å². The van der Waals surface area contributed by atoms with Crippen molar-refractivity contribution in [2.45, 2.75) is 38.2 Å². The summed E-state index contributed by atoms with van der Waals surface area (Å²) in [7, 11) is 0. The van der Waals surface area contributed by atoms with Crippen LogP contribution in [0.5, 0.6) is 11.6 Å². The molecule has 1 saturated carbocycles. The van der Waals surface area contributed by atoms with Crippen LogP contribution in [0.2, 0.25) is 10.0 Å². The highest BCUT2D eigenvalue weighted by Gasteiger charge is 2.26. The van der Waals surface area contributed by atoms with E-state index in [2.05, 4.69) is 0 Å². The van der Waals surface area contributed by atoms with Crippen molar-refractivity contribution in [1.82, 2.24) is 4.57 Å². The van der Waals surface area contributed by atoms with Gasteiger partial charge in [-0.15, -0.1) is 0 Å². The Morgan fingerprint density at radius 2 is 1.83 bits per heavy atom. The number of hydrogen-bond donors (Lipinski definition) is 1. The predicted octanol–water partition coefficient (Wildman–Crippen LogP) is 3.88. The second kappa shape index (κ2) is 5.46. The van der Waals surface area contributed by atoms with E-state index in [0.717, 1.165) is 31.2 Å². The first-order chi connectivity index (χ1) is 11.0. The third-order valence-electron chi connectivity index (χ3n) is 4.28. The van der Waals surface area contributed by atoms with Crippen molar-refractivity contribution >= 4 is 23.2 Å². The SMILES string of the molecule is O=c1c2cc(c(O)n1-c1cc(OC3CC3)c(Cl)cc1Cl)CCC2. The first kappa shape index (κ1) is 14.9. The molecule has 1 aromatic carbocycles. The van der Waals surface area contributed by atoms with Crippen LogP contribution in [-0.2, 0) is 12.8 Å². The van der Waals surface area contributed by atoms with Crippen LogP contribution in [0.4, 0.5) is 0 Å². The number of nitrogens with zero attached hydrogens (tertiary/aromatic N) is 1. The van der Waals surface area contributed by atoms with Crippen LogP contribution in [0.15, 0.2) is 23.0 Å². The molecule has 4 rings (SSSR count). The maximum Gasteiger partial charge on any atom is 0.261 e. The number of ether oxygens (including phenoxy) is 1. The Hall–Kier alpha value is -1.65. The van der Waals surface area contributed by atoms with Crippen LogP contribution in [0.25, 0.3) is 5.69 Å². The number of halogens is 2. The van der Waals surface area contributed by atoms with E-state index < -0.39 is 0 Å². The van der Waals surface area contributed by atoms with Gasteiger partial charge < -0.3 is 9.84 Å². The van der Waals surface area contributed by atoms with Gasteiger partial charge in [-0.25, -0.2) is 4.57 Å². The number of aromatic hydroxyl groups is 1. The number of benzene rings is 1. The van der Waals surface area contributed by atoms with Crippen LogP contribution in [0, 0.1) is 0 Å². The van der Waals surface area contributed by atoms with E-state index in [-0.39, 0.29) is 17.5 Å². The van der Waals surface area contributed by atoms with Gasteiger partial charge in [0.05, 0.1) is 21.8 Å². The minimum Gasteiger partial charge on any atom is -0.494 e.